The van der Waals surface area contributed by atoms with Crippen LogP contribution in [0.15, 0.2) is 48.7 Å². The Bertz CT molecular complexity index is 1620. The molecular weight excluding hydrogens is 568 g/mol. The summed E-state index contributed by atoms with van der Waals surface area (Å²) in [5.41, 5.74) is 7.70. The first-order chi connectivity index (χ1) is 21.4. The topological polar surface area (TPSA) is 128 Å². The number of benzene rings is 2. The molecule has 2 aliphatic heterocycles. The number of anilines is 5. The van der Waals surface area contributed by atoms with Crippen LogP contribution in [0.3, 0.4) is 0 Å². The maximum Gasteiger partial charge on any atom is 0.253 e. The first-order valence-electron chi connectivity index (χ1n) is 14.9. The van der Waals surface area contributed by atoms with Gasteiger partial charge in [-0.15, -0.1) is 0 Å². The van der Waals surface area contributed by atoms with Gasteiger partial charge in [0.15, 0.2) is 0 Å². The molecule has 0 radical (unpaired) electrons. The van der Waals surface area contributed by atoms with Crippen molar-refractivity contribution < 1.29 is 18.3 Å². The van der Waals surface area contributed by atoms with Crippen LogP contribution in [0, 0.1) is 5.82 Å². The lowest BCUT2D eigenvalue weighted by molar-refractivity contribution is 0.0816. The molecule has 2 aromatic heterocycles. The molecule has 2 aromatic carbocycles. The third kappa shape index (κ3) is 6.24. The summed E-state index contributed by atoms with van der Waals surface area (Å²) in [5, 5.41) is 6.96. The number of carbonyl (C=O) groups is 1. The van der Waals surface area contributed by atoms with E-state index in [1.807, 2.05) is 12.1 Å². The number of nitrogens with two attached hydrogens (primary N) is 1. The Morgan fingerprint density at radius 2 is 1.84 bits per heavy atom. The monoisotopic (exact) mass is 605 g/mol. The highest BCUT2D eigenvalue weighted by Crippen LogP contribution is 2.34. The van der Waals surface area contributed by atoms with Crippen molar-refractivity contribution in [1.29, 1.82) is 0 Å². The standard InChI is InChI=1S/C31H37F2N9O2/c1-44-26-19-21(41-12-8-20(9-13-41)42-17-15-40(14-10-32)16-18-42)5-6-24(26)37-31-38-29-22(7-11-35-29)30(39-31)36-25-4-2-3-23(33)27(25)28(34)43/h2-7,11,19-20H,8-10,12-18H2,1H3,(H2,34,43)(H3,35,36,37,38,39). The number of rotatable bonds is 10. The van der Waals surface area contributed by atoms with Crippen LogP contribution in [0.2, 0.25) is 0 Å². The number of alkyl halides is 1. The lowest BCUT2D eigenvalue weighted by Crippen LogP contribution is -2.53. The molecule has 44 heavy (non-hydrogen) atoms. The summed E-state index contributed by atoms with van der Waals surface area (Å²) in [6, 6.07) is 12.6. The Kier molecular flexibility index (Phi) is 8.75. The Balaban J connectivity index is 1.16. The lowest BCUT2D eigenvalue weighted by atomic mass is 10.0. The molecule has 0 atom stereocenters. The fraction of sp³-hybridized carbons (Fsp3) is 0.387. The molecule has 2 fully saturated rings. The summed E-state index contributed by atoms with van der Waals surface area (Å²) in [6.07, 6.45) is 3.88. The van der Waals surface area contributed by atoms with Crippen LogP contribution in [0.5, 0.6) is 5.75 Å². The largest absolute Gasteiger partial charge is 0.494 e. The summed E-state index contributed by atoms with van der Waals surface area (Å²) in [4.78, 5) is 31.4. The normalized spacial score (nSPS) is 16.8. The van der Waals surface area contributed by atoms with Gasteiger partial charge < -0.3 is 31.0 Å². The van der Waals surface area contributed by atoms with Gasteiger partial charge in [-0.2, -0.15) is 9.97 Å². The number of methoxy groups -OCH3 is 1. The van der Waals surface area contributed by atoms with Crippen LogP contribution in [0.4, 0.5) is 37.6 Å². The van der Waals surface area contributed by atoms with E-state index < -0.39 is 11.7 Å². The number of halogens is 2. The highest BCUT2D eigenvalue weighted by atomic mass is 19.1. The van der Waals surface area contributed by atoms with Crippen molar-refractivity contribution in [2.45, 2.75) is 18.9 Å². The quantitative estimate of drug-likeness (QED) is 0.210. The van der Waals surface area contributed by atoms with E-state index in [2.05, 4.69) is 46.4 Å². The van der Waals surface area contributed by atoms with E-state index >= 15 is 0 Å². The maximum atomic E-state index is 14.4. The molecule has 2 saturated heterocycles. The van der Waals surface area contributed by atoms with Gasteiger partial charge in [0.2, 0.25) is 5.95 Å². The number of piperazine rings is 1. The number of primary amides is 1. The first kappa shape index (κ1) is 29.6. The van der Waals surface area contributed by atoms with Gasteiger partial charge in [-0.05, 0) is 43.2 Å². The van der Waals surface area contributed by atoms with Crippen LogP contribution < -0.4 is 26.0 Å². The van der Waals surface area contributed by atoms with Gasteiger partial charge in [-0.3, -0.25) is 14.6 Å². The van der Waals surface area contributed by atoms with E-state index in [4.69, 9.17) is 10.5 Å². The number of nitrogens with zero attached hydrogens (tertiary/aromatic N) is 5. The third-order valence-corrected chi connectivity index (χ3v) is 8.51. The van der Waals surface area contributed by atoms with Gasteiger partial charge in [0.1, 0.15) is 29.7 Å². The van der Waals surface area contributed by atoms with E-state index in [1.165, 1.54) is 12.1 Å². The zero-order chi connectivity index (χ0) is 30.6. The smallest absolute Gasteiger partial charge is 0.253 e. The molecule has 4 heterocycles. The number of aromatic amines is 1. The van der Waals surface area contributed by atoms with Gasteiger partial charge >= 0.3 is 0 Å². The number of amides is 1. The molecule has 6 rings (SSSR count). The summed E-state index contributed by atoms with van der Waals surface area (Å²) >= 11 is 0. The zero-order valence-electron chi connectivity index (χ0n) is 24.7. The Morgan fingerprint density at radius 3 is 2.57 bits per heavy atom. The zero-order valence-corrected chi connectivity index (χ0v) is 24.7. The molecule has 232 valence electrons. The van der Waals surface area contributed by atoms with Crippen LogP contribution in [0.1, 0.15) is 23.2 Å². The minimum atomic E-state index is -0.884. The molecule has 5 N–H and O–H groups in total. The van der Waals surface area contributed by atoms with Crippen molar-refractivity contribution in [2.24, 2.45) is 5.73 Å². The first-order valence-corrected chi connectivity index (χ1v) is 14.9. The summed E-state index contributed by atoms with van der Waals surface area (Å²) in [5.74, 6) is -0.320. The molecule has 0 saturated carbocycles. The number of carbonyl (C=O) groups excluding carboxylic acids is 1. The van der Waals surface area contributed by atoms with Crippen LogP contribution in [-0.4, -0.2) is 96.3 Å². The fourth-order valence-electron chi connectivity index (χ4n) is 6.16. The van der Waals surface area contributed by atoms with E-state index in [-0.39, 0.29) is 23.9 Å². The van der Waals surface area contributed by atoms with Crippen LogP contribution in [0.25, 0.3) is 11.0 Å². The molecule has 0 spiro atoms. The van der Waals surface area contributed by atoms with Gasteiger partial charge in [0.05, 0.1) is 29.4 Å². The molecular formula is C31H37F2N9O2. The number of nitrogens with one attached hydrogen (secondary N) is 3. The Hall–Kier alpha value is -4.49. The number of piperidine rings is 1. The van der Waals surface area contributed by atoms with Gasteiger partial charge in [0, 0.05) is 69.8 Å². The maximum absolute atomic E-state index is 14.4. The molecule has 0 aliphatic carbocycles. The number of hydrogen-bond donors (Lipinski definition) is 4. The Morgan fingerprint density at radius 1 is 1.05 bits per heavy atom. The van der Waals surface area contributed by atoms with Gasteiger partial charge in [-0.1, -0.05) is 6.07 Å². The second-order valence-corrected chi connectivity index (χ2v) is 11.1. The Labute approximate surface area is 254 Å². The minimum Gasteiger partial charge on any atom is -0.494 e. The van der Waals surface area contributed by atoms with Gasteiger partial charge in [0.25, 0.3) is 5.91 Å². The number of hydrogen-bond acceptors (Lipinski definition) is 9. The minimum absolute atomic E-state index is 0.203. The molecule has 1 amide bonds. The van der Waals surface area contributed by atoms with Crippen molar-refractivity contribution in [1.82, 2.24) is 24.8 Å². The van der Waals surface area contributed by atoms with Crippen molar-refractivity contribution in [2.75, 3.05) is 75.1 Å². The van der Waals surface area contributed by atoms with Crippen LogP contribution in [-0.2, 0) is 0 Å². The predicted octanol–water partition coefficient (Wildman–Crippen LogP) is 4.25. The molecule has 11 nitrogen and oxygen atoms in total. The summed E-state index contributed by atoms with van der Waals surface area (Å²) in [6.45, 7) is 6.03. The average molecular weight is 606 g/mol. The third-order valence-electron chi connectivity index (χ3n) is 8.51. The predicted molar refractivity (Wildman–Crippen MR) is 168 cm³/mol. The molecule has 4 aromatic rings. The van der Waals surface area contributed by atoms with E-state index in [9.17, 15) is 13.6 Å². The fourth-order valence-corrected chi connectivity index (χ4v) is 6.16. The van der Waals surface area contributed by atoms with Gasteiger partial charge in [-0.25, -0.2) is 8.78 Å². The lowest BCUT2D eigenvalue weighted by Gasteiger charge is -2.43. The SMILES string of the molecule is COc1cc(N2CCC(N3CCN(CCF)CC3)CC2)ccc1Nc1nc(Nc2cccc(F)c2C(N)=O)c2cc[nH]c2n1. The second kappa shape index (κ2) is 13.0. The average Bonchev–Trinajstić information content (AvgIpc) is 3.51. The molecule has 2 aliphatic rings. The summed E-state index contributed by atoms with van der Waals surface area (Å²) in [7, 11) is 1.62. The van der Waals surface area contributed by atoms with Crippen molar-refractivity contribution in [3.8, 4) is 5.75 Å². The highest BCUT2D eigenvalue weighted by Gasteiger charge is 2.28. The van der Waals surface area contributed by atoms with Crippen LogP contribution >= 0.6 is 0 Å². The molecule has 13 heteroatoms. The highest BCUT2D eigenvalue weighted by molar-refractivity contribution is 6.01. The van der Waals surface area contributed by atoms with Crippen molar-refractivity contribution in [3.63, 3.8) is 0 Å². The van der Waals surface area contributed by atoms with Crippen molar-refractivity contribution in [3.05, 3.63) is 60.0 Å². The van der Waals surface area contributed by atoms with E-state index in [1.54, 1.807) is 25.4 Å². The number of fused-ring (bicyclic) bond motifs is 1. The summed E-state index contributed by atoms with van der Waals surface area (Å²) < 4.78 is 32.8. The number of ether oxygens (including phenoxy) is 1. The van der Waals surface area contributed by atoms with E-state index in [0.29, 0.717) is 40.9 Å². The number of H-pyrrole nitrogens is 1. The number of aromatic nitrogens is 3. The molecule has 0 bridgehead atoms. The second-order valence-electron chi connectivity index (χ2n) is 11.1. The molecule has 0 unspecified atom stereocenters. The van der Waals surface area contributed by atoms with Crippen molar-refractivity contribution >= 4 is 45.8 Å². The van der Waals surface area contributed by atoms with E-state index in [0.717, 1.165) is 57.8 Å².